The largest absolute Gasteiger partial charge is 0.507 e. The molecule has 2 saturated carbocycles. The van der Waals surface area contributed by atoms with Gasteiger partial charge in [-0.2, -0.15) is 52.7 Å². The Kier molecular flexibility index (Phi) is 28.3. The summed E-state index contributed by atoms with van der Waals surface area (Å²) >= 11 is 5.90. The van der Waals surface area contributed by atoms with Gasteiger partial charge in [-0.1, -0.05) is 68.8 Å². The van der Waals surface area contributed by atoms with E-state index < -0.39 is 108 Å². The highest BCUT2D eigenvalue weighted by Crippen LogP contribution is 2.57. The van der Waals surface area contributed by atoms with E-state index in [9.17, 15) is 102 Å². The fourth-order valence-electron chi connectivity index (χ4n) is 9.49. The minimum absolute atomic E-state index is 0.0297. The number of nitrogens with one attached hydrogen (secondary N) is 1. The van der Waals surface area contributed by atoms with Gasteiger partial charge in [0.05, 0.1) is 12.7 Å². The van der Waals surface area contributed by atoms with Gasteiger partial charge in [-0.15, -0.1) is 0 Å². The Bertz CT molecular complexity index is 3280. The number of aromatic hydroxyl groups is 2. The van der Waals surface area contributed by atoms with Gasteiger partial charge in [-0.05, 0) is 207 Å². The molecule has 3 aromatic carbocycles. The van der Waals surface area contributed by atoms with Crippen LogP contribution in [0.5, 0.6) is 17.2 Å². The van der Waals surface area contributed by atoms with Gasteiger partial charge in [0.2, 0.25) is 0 Å². The number of benzene rings is 3. The molecule has 0 radical (unpaired) electrons. The van der Waals surface area contributed by atoms with Gasteiger partial charge < -0.3 is 39.4 Å². The SMILES string of the molecule is C=C(C)C(=O)NC(=O)c1cc(I)cc(I)c1O.C=C(C)C(=O)OC1C=C(C)CCC1.C=C(C)C(=O)OC1CC2CC1CC2CC(O)(C(F)(F)F)C(F)(F)F.C=C(C)C(=O)Oc1ccc(O)c(I)c1.C=C1CC(CC(O)(C(F)(F)F)C(F)(F)F)(c2ccccc2)OC1=O. The molecule has 2 bridgehead atoms. The van der Waals surface area contributed by atoms with Crippen molar-refractivity contribution in [3.8, 4) is 17.2 Å². The molecule has 4 aliphatic rings. The summed E-state index contributed by atoms with van der Waals surface area (Å²) in [5.74, 6) is -4.85. The van der Waals surface area contributed by atoms with E-state index in [-0.39, 0.29) is 70.2 Å². The van der Waals surface area contributed by atoms with Crippen LogP contribution in [0.3, 0.4) is 0 Å². The van der Waals surface area contributed by atoms with E-state index in [1.165, 1.54) is 68.0 Å². The van der Waals surface area contributed by atoms with Crippen molar-refractivity contribution in [3.63, 3.8) is 0 Å². The molecule has 92 heavy (non-hydrogen) atoms. The highest BCUT2D eigenvalue weighted by Gasteiger charge is 2.74. The number of rotatable bonds is 13. The van der Waals surface area contributed by atoms with Crippen molar-refractivity contribution in [3.05, 3.63) is 155 Å². The zero-order valence-electron chi connectivity index (χ0n) is 49.7. The lowest BCUT2D eigenvalue weighted by atomic mass is 9.79. The Morgan fingerprint density at radius 1 is 0.685 bits per heavy atom. The monoisotopic (exact) mass is 1660 g/mol. The second-order valence-electron chi connectivity index (χ2n) is 22.1. The maximum atomic E-state index is 13.0. The maximum Gasteiger partial charge on any atom is 0.426 e. The quantitative estimate of drug-likeness (QED) is 0.0204. The Morgan fingerprint density at radius 2 is 1.22 bits per heavy atom. The molecule has 0 spiro atoms. The minimum atomic E-state index is -6.01. The fraction of sp³-hybridized carbons (Fsp3) is 0.419. The molecule has 1 aliphatic heterocycles. The summed E-state index contributed by atoms with van der Waals surface area (Å²) in [6.07, 6.45) is -22.2. The van der Waals surface area contributed by atoms with Crippen LogP contribution in [0.2, 0.25) is 0 Å². The van der Waals surface area contributed by atoms with Crippen molar-refractivity contribution in [2.24, 2.45) is 17.8 Å². The van der Waals surface area contributed by atoms with Crippen LogP contribution in [0.25, 0.3) is 0 Å². The molecular weight excluding hydrogens is 1590 g/mol. The molecule has 3 fully saturated rings. The zero-order chi connectivity index (χ0) is 70.6. The summed E-state index contributed by atoms with van der Waals surface area (Å²) in [6, 6.07) is 14.5. The Morgan fingerprint density at radius 3 is 1.66 bits per heavy atom. The Balaban J connectivity index is 0.000000307. The van der Waals surface area contributed by atoms with Crippen LogP contribution in [-0.2, 0) is 43.8 Å². The number of ether oxygens (including phenoxy) is 4. The number of hydrogen-bond donors (Lipinski definition) is 5. The van der Waals surface area contributed by atoms with Crippen molar-refractivity contribution < 1.29 is 121 Å². The number of phenols is 2. The van der Waals surface area contributed by atoms with E-state index in [4.69, 9.17) is 18.9 Å². The fourth-order valence-corrected chi connectivity index (χ4v) is 11.8. The lowest BCUT2D eigenvalue weighted by Crippen LogP contribution is -2.60. The third kappa shape index (κ3) is 21.5. The lowest BCUT2D eigenvalue weighted by Gasteiger charge is -2.39. The van der Waals surface area contributed by atoms with Crippen molar-refractivity contribution in [1.29, 1.82) is 0 Å². The first-order chi connectivity index (χ1) is 42.0. The van der Waals surface area contributed by atoms with E-state index >= 15 is 0 Å². The third-order valence-electron chi connectivity index (χ3n) is 14.4. The van der Waals surface area contributed by atoms with Crippen LogP contribution in [0.15, 0.2) is 133 Å². The number of aliphatic hydroxyl groups is 2. The number of carbonyl (C=O) groups is 6. The number of phenolic OH excluding ortho intramolecular Hbond substituents is 2. The molecule has 3 aliphatic carbocycles. The van der Waals surface area contributed by atoms with Crippen LogP contribution in [0, 0.1) is 28.5 Å². The van der Waals surface area contributed by atoms with Crippen LogP contribution in [0.1, 0.15) is 108 Å². The summed E-state index contributed by atoms with van der Waals surface area (Å²) in [5, 5.41) is 39.9. The first-order valence-electron chi connectivity index (χ1n) is 27.1. The molecule has 6 unspecified atom stereocenters. The standard InChI is InChI=1S/C15H18F6O3.C15H12F6O3.C11H9I2NO3.C11H16O2.C10H9IO3/c1-7(2)12(22)24-11-5-8-3-9(11)4-10(8)6-13(23,14(16,17)18)15(19,20)21;1-9-7-12(24-11(9)22,10-5-3-2-4-6-10)8-13(23,14(16,17)18)15(19,20)21;1-5(2)10(16)14-11(17)7-3-6(12)4-8(13)9(7)15;1-8(2)11(12)13-10-6-4-5-9(3)7-10;1-6(2)10(13)14-7-3-4-9(12)8(11)5-7/h8-11,23H,1,3-6H2,2H3;2-6,23H,1,7-8H2;3-4,15H,1H2,2H3,(H,14,16,17);7,10H,1,4-6H2,2-3H3;3-5,12H,1H2,2H3. The first-order valence-corrected chi connectivity index (χ1v) is 30.4. The molecule has 15 nitrogen and oxygen atoms in total. The molecule has 7 rings (SSSR count). The van der Waals surface area contributed by atoms with Gasteiger partial charge in [-0.25, -0.2) is 19.2 Å². The summed E-state index contributed by atoms with van der Waals surface area (Å²) < 4.78 is 177. The molecule has 6 atom stereocenters. The third-order valence-corrected chi connectivity index (χ3v) is 16.7. The number of imide groups is 1. The second-order valence-corrected chi connectivity index (χ2v) is 25.7. The molecule has 5 N–H and O–H groups in total. The van der Waals surface area contributed by atoms with Gasteiger partial charge >= 0.3 is 48.6 Å². The van der Waals surface area contributed by atoms with E-state index in [0.717, 1.165) is 22.8 Å². The number of halogens is 15. The number of allylic oxidation sites excluding steroid dienone is 1. The van der Waals surface area contributed by atoms with E-state index in [1.807, 2.05) is 73.8 Å². The highest BCUT2D eigenvalue weighted by molar-refractivity contribution is 14.1. The van der Waals surface area contributed by atoms with E-state index in [2.05, 4.69) is 45.1 Å². The number of carbonyl (C=O) groups excluding carboxylic acids is 6. The summed E-state index contributed by atoms with van der Waals surface area (Å²) in [4.78, 5) is 68.4. The topological polar surface area (TPSA) is 232 Å². The maximum absolute atomic E-state index is 13.0. The average molecular weight is 1660 g/mol. The predicted octanol–water partition coefficient (Wildman–Crippen LogP) is 14.9. The molecule has 0 aromatic heterocycles. The number of hydrogen-bond acceptors (Lipinski definition) is 14. The molecule has 3 aromatic rings. The average Bonchev–Trinajstić information content (AvgIpc) is 1.33. The summed E-state index contributed by atoms with van der Waals surface area (Å²) in [6.45, 7) is 25.4. The molecule has 1 saturated heterocycles. The van der Waals surface area contributed by atoms with Crippen molar-refractivity contribution in [2.75, 3.05) is 0 Å². The van der Waals surface area contributed by atoms with Crippen molar-refractivity contribution in [2.45, 2.75) is 146 Å². The van der Waals surface area contributed by atoms with Crippen LogP contribution in [0.4, 0.5) is 52.7 Å². The van der Waals surface area contributed by atoms with Crippen LogP contribution in [-0.4, -0.2) is 104 Å². The molecule has 506 valence electrons. The number of amides is 2. The Labute approximate surface area is 561 Å². The van der Waals surface area contributed by atoms with E-state index in [1.54, 1.807) is 26.0 Å². The van der Waals surface area contributed by atoms with Crippen molar-refractivity contribution >= 4 is 103 Å². The van der Waals surface area contributed by atoms with Gasteiger partial charge in [0.1, 0.15) is 35.1 Å². The normalized spacial score (nSPS) is 20.2. The van der Waals surface area contributed by atoms with Crippen LogP contribution < -0.4 is 10.1 Å². The zero-order valence-corrected chi connectivity index (χ0v) is 56.2. The molecule has 1 heterocycles. The molecule has 2 amide bonds. The summed E-state index contributed by atoms with van der Waals surface area (Å²) in [5.41, 5.74) is -9.81. The van der Waals surface area contributed by atoms with Crippen molar-refractivity contribution in [1.82, 2.24) is 5.32 Å². The lowest BCUT2D eigenvalue weighted by molar-refractivity contribution is -0.378. The highest BCUT2D eigenvalue weighted by atomic mass is 127. The minimum Gasteiger partial charge on any atom is -0.507 e. The van der Waals surface area contributed by atoms with Gasteiger partial charge in [0, 0.05) is 44.3 Å². The number of cyclic esters (lactones) is 1. The van der Waals surface area contributed by atoms with Gasteiger partial charge in [0.25, 0.3) is 23.0 Å². The molecule has 30 heteroatoms. The predicted molar refractivity (Wildman–Crippen MR) is 335 cm³/mol. The first kappa shape index (κ1) is 80.2. The smallest absolute Gasteiger partial charge is 0.426 e. The summed E-state index contributed by atoms with van der Waals surface area (Å²) in [7, 11) is 0. The molecular formula is C62H64F12I3NO14. The van der Waals surface area contributed by atoms with Gasteiger partial charge in [-0.3, -0.25) is 14.9 Å². The van der Waals surface area contributed by atoms with Crippen LogP contribution >= 0.6 is 67.8 Å². The second kappa shape index (κ2) is 32.4. The number of fused-ring (bicyclic) bond motifs is 2. The van der Waals surface area contributed by atoms with E-state index in [0.29, 0.717) is 30.5 Å². The Hall–Kier alpha value is -6.01. The van der Waals surface area contributed by atoms with Gasteiger partial charge in [0.15, 0.2) is 0 Å². The number of esters is 4. The number of alkyl halides is 12.